The van der Waals surface area contributed by atoms with E-state index >= 15 is 0 Å². The number of carbonyl (C=O) groups is 1. The molecule has 3 rings (SSSR count). The fourth-order valence-corrected chi connectivity index (χ4v) is 4.49. The molecule has 1 fully saturated rings. The van der Waals surface area contributed by atoms with Crippen LogP contribution in [0, 0.1) is 13.8 Å². The predicted octanol–water partition coefficient (Wildman–Crippen LogP) is 2.93. The zero-order valence-electron chi connectivity index (χ0n) is 13.7. The molecule has 24 heavy (non-hydrogen) atoms. The minimum absolute atomic E-state index is 0.00761. The lowest BCUT2D eigenvalue weighted by molar-refractivity contribution is 0.0995. The number of amides is 1. The summed E-state index contributed by atoms with van der Waals surface area (Å²) in [5, 5.41) is 2.72. The van der Waals surface area contributed by atoms with Crippen LogP contribution in [-0.4, -0.2) is 31.7 Å². The van der Waals surface area contributed by atoms with Crippen LogP contribution in [0.3, 0.4) is 0 Å². The van der Waals surface area contributed by atoms with E-state index in [-0.39, 0.29) is 16.4 Å². The predicted molar refractivity (Wildman–Crippen MR) is 90.6 cm³/mol. The molecule has 1 aliphatic rings. The molecule has 6 nitrogen and oxygen atoms in total. The van der Waals surface area contributed by atoms with Crippen molar-refractivity contribution in [2.24, 2.45) is 0 Å². The Morgan fingerprint density at radius 3 is 2.54 bits per heavy atom. The zero-order chi connectivity index (χ0) is 17.3. The highest BCUT2D eigenvalue weighted by atomic mass is 32.2. The molecule has 1 amide bonds. The van der Waals surface area contributed by atoms with Gasteiger partial charge >= 0.3 is 0 Å². The van der Waals surface area contributed by atoms with Gasteiger partial charge < -0.3 is 9.73 Å². The molecular weight excluding hydrogens is 328 g/mol. The number of nitrogens with one attached hydrogen (secondary N) is 1. The Morgan fingerprint density at radius 1 is 1.17 bits per heavy atom. The summed E-state index contributed by atoms with van der Waals surface area (Å²) in [7, 11) is -3.60. The number of hydrogen-bond donors (Lipinski definition) is 1. The summed E-state index contributed by atoms with van der Waals surface area (Å²) in [5.41, 5.74) is 1.65. The maximum Gasteiger partial charge on any atom is 0.291 e. The highest BCUT2D eigenvalue weighted by Gasteiger charge is 2.31. The molecule has 128 valence electrons. The van der Waals surface area contributed by atoms with E-state index in [1.165, 1.54) is 10.4 Å². The average molecular weight is 348 g/mol. The molecule has 2 aromatic rings. The van der Waals surface area contributed by atoms with Gasteiger partial charge in [0.05, 0.1) is 0 Å². The largest absolute Gasteiger partial charge is 0.455 e. The summed E-state index contributed by atoms with van der Waals surface area (Å²) in [4.78, 5) is 12.4. The summed E-state index contributed by atoms with van der Waals surface area (Å²) >= 11 is 0. The van der Waals surface area contributed by atoms with Gasteiger partial charge in [-0.25, -0.2) is 8.42 Å². The monoisotopic (exact) mass is 348 g/mol. The Labute approximate surface area is 141 Å². The number of aryl methyl sites for hydroxylation is 2. The first-order valence-corrected chi connectivity index (χ1v) is 9.30. The number of sulfonamides is 1. The Morgan fingerprint density at radius 2 is 1.88 bits per heavy atom. The number of benzene rings is 1. The van der Waals surface area contributed by atoms with Crippen molar-refractivity contribution in [3.05, 3.63) is 47.4 Å². The van der Waals surface area contributed by atoms with Crippen LogP contribution in [-0.2, 0) is 10.0 Å². The van der Waals surface area contributed by atoms with Crippen LogP contribution in [0.2, 0.25) is 0 Å². The standard InChI is InChI=1S/C17H20N2O4S/c1-12-6-5-7-14(10-12)18-17(20)15-11-16(13(2)23-15)24(21,22)19-8-3-4-9-19/h5-7,10-11H,3-4,8-9H2,1-2H3,(H,18,20). The van der Waals surface area contributed by atoms with Crippen molar-refractivity contribution in [2.75, 3.05) is 18.4 Å². The van der Waals surface area contributed by atoms with Gasteiger partial charge in [0.25, 0.3) is 5.91 Å². The van der Waals surface area contributed by atoms with Gasteiger partial charge in [0.1, 0.15) is 10.7 Å². The summed E-state index contributed by atoms with van der Waals surface area (Å²) in [6, 6.07) is 8.67. The molecule has 7 heteroatoms. The molecule has 0 spiro atoms. The lowest BCUT2D eigenvalue weighted by atomic mass is 10.2. The normalized spacial score (nSPS) is 15.6. The van der Waals surface area contributed by atoms with Crippen molar-refractivity contribution < 1.29 is 17.6 Å². The number of rotatable bonds is 4. The number of nitrogens with zero attached hydrogens (tertiary/aromatic N) is 1. The molecule has 0 radical (unpaired) electrons. The molecule has 1 aromatic heterocycles. The number of hydrogen-bond acceptors (Lipinski definition) is 4. The van der Waals surface area contributed by atoms with E-state index in [4.69, 9.17) is 4.42 Å². The second kappa shape index (κ2) is 6.41. The van der Waals surface area contributed by atoms with Crippen LogP contribution in [0.25, 0.3) is 0 Å². The van der Waals surface area contributed by atoms with Crippen LogP contribution >= 0.6 is 0 Å². The third-order valence-corrected chi connectivity index (χ3v) is 6.06. The SMILES string of the molecule is Cc1cccc(NC(=O)c2cc(S(=O)(=O)N3CCCC3)c(C)o2)c1. The maximum absolute atomic E-state index is 12.6. The highest BCUT2D eigenvalue weighted by molar-refractivity contribution is 7.89. The molecule has 0 aliphatic carbocycles. The summed E-state index contributed by atoms with van der Waals surface area (Å²) in [6.07, 6.45) is 1.72. The molecule has 0 bridgehead atoms. The van der Waals surface area contributed by atoms with E-state index in [1.807, 2.05) is 25.1 Å². The van der Waals surface area contributed by atoms with Crippen molar-refractivity contribution in [1.29, 1.82) is 0 Å². The van der Waals surface area contributed by atoms with E-state index in [0.717, 1.165) is 18.4 Å². The van der Waals surface area contributed by atoms with E-state index in [2.05, 4.69) is 5.32 Å². The van der Waals surface area contributed by atoms with Crippen LogP contribution in [0.1, 0.15) is 34.7 Å². The molecular formula is C17H20N2O4S. The Balaban J connectivity index is 1.84. The van der Waals surface area contributed by atoms with Crippen LogP contribution < -0.4 is 5.32 Å². The zero-order valence-corrected chi connectivity index (χ0v) is 14.5. The quantitative estimate of drug-likeness (QED) is 0.921. The first-order chi connectivity index (χ1) is 11.4. The molecule has 1 aliphatic heterocycles. The Hall–Kier alpha value is -2.12. The summed E-state index contributed by atoms with van der Waals surface area (Å²) < 4.78 is 32.1. The second-order valence-corrected chi connectivity index (χ2v) is 7.87. The van der Waals surface area contributed by atoms with Crippen LogP contribution in [0.15, 0.2) is 39.6 Å². The van der Waals surface area contributed by atoms with Gasteiger partial charge in [-0.1, -0.05) is 12.1 Å². The number of furan rings is 1. The smallest absolute Gasteiger partial charge is 0.291 e. The molecule has 0 saturated carbocycles. The second-order valence-electron chi connectivity index (χ2n) is 5.97. The van der Waals surface area contributed by atoms with E-state index in [0.29, 0.717) is 18.8 Å². The van der Waals surface area contributed by atoms with Gasteiger partial charge in [-0.3, -0.25) is 4.79 Å². The third-order valence-electron chi connectivity index (χ3n) is 4.05. The number of carbonyl (C=O) groups excluding carboxylic acids is 1. The lowest BCUT2D eigenvalue weighted by Gasteiger charge is -2.14. The molecule has 1 saturated heterocycles. The minimum atomic E-state index is -3.60. The Kier molecular flexibility index (Phi) is 4.47. The minimum Gasteiger partial charge on any atom is -0.455 e. The third kappa shape index (κ3) is 3.22. The van der Waals surface area contributed by atoms with Gasteiger partial charge in [-0.05, 0) is 44.4 Å². The van der Waals surface area contributed by atoms with Crippen molar-refractivity contribution in [2.45, 2.75) is 31.6 Å². The lowest BCUT2D eigenvalue weighted by Crippen LogP contribution is -2.28. The maximum atomic E-state index is 12.6. The van der Waals surface area contributed by atoms with Gasteiger partial charge in [0.15, 0.2) is 5.76 Å². The fourth-order valence-electron chi connectivity index (χ4n) is 2.82. The first kappa shape index (κ1) is 16.7. The summed E-state index contributed by atoms with van der Waals surface area (Å²) in [6.45, 7) is 4.51. The van der Waals surface area contributed by atoms with Gasteiger partial charge in [-0.2, -0.15) is 4.31 Å². The van der Waals surface area contributed by atoms with Crippen molar-refractivity contribution in [3.8, 4) is 0 Å². The Bertz CT molecular complexity index is 864. The number of anilines is 1. The van der Waals surface area contributed by atoms with E-state index in [1.54, 1.807) is 13.0 Å². The van der Waals surface area contributed by atoms with Crippen LogP contribution in [0.5, 0.6) is 0 Å². The average Bonchev–Trinajstić information content (AvgIpc) is 3.17. The van der Waals surface area contributed by atoms with E-state index < -0.39 is 15.9 Å². The van der Waals surface area contributed by atoms with Gasteiger partial charge in [0, 0.05) is 24.8 Å². The molecule has 0 atom stereocenters. The van der Waals surface area contributed by atoms with Crippen LogP contribution in [0.4, 0.5) is 5.69 Å². The van der Waals surface area contributed by atoms with Gasteiger partial charge in [-0.15, -0.1) is 0 Å². The molecule has 1 N–H and O–H groups in total. The molecule has 0 unspecified atom stereocenters. The van der Waals surface area contributed by atoms with Crippen molar-refractivity contribution >= 4 is 21.6 Å². The molecule has 2 heterocycles. The topological polar surface area (TPSA) is 79.6 Å². The van der Waals surface area contributed by atoms with Crippen molar-refractivity contribution in [1.82, 2.24) is 4.31 Å². The first-order valence-electron chi connectivity index (χ1n) is 7.86. The highest BCUT2D eigenvalue weighted by Crippen LogP contribution is 2.26. The van der Waals surface area contributed by atoms with Crippen molar-refractivity contribution in [3.63, 3.8) is 0 Å². The van der Waals surface area contributed by atoms with E-state index in [9.17, 15) is 13.2 Å². The van der Waals surface area contributed by atoms with Gasteiger partial charge in [0.2, 0.25) is 10.0 Å². The molecule has 1 aromatic carbocycles. The summed E-state index contributed by atoms with van der Waals surface area (Å²) in [5.74, 6) is -0.241. The fraction of sp³-hybridized carbons (Fsp3) is 0.353.